The van der Waals surface area contributed by atoms with E-state index in [1.807, 2.05) is 14.0 Å². The van der Waals surface area contributed by atoms with Crippen LogP contribution < -0.4 is 5.32 Å². The fourth-order valence-corrected chi connectivity index (χ4v) is 3.38. The second-order valence-corrected chi connectivity index (χ2v) is 6.08. The summed E-state index contributed by atoms with van der Waals surface area (Å²) in [6.45, 7) is 9.11. The van der Waals surface area contributed by atoms with Crippen molar-refractivity contribution in [3.05, 3.63) is 16.3 Å². The molecule has 5 heteroatoms. The van der Waals surface area contributed by atoms with Crippen molar-refractivity contribution >= 4 is 27.4 Å². The third-order valence-corrected chi connectivity index (χ3v) is 4.59. The molecule has 0 amide bonds. The van der Waals surface area contributed by atoms with Crippen LogP contribution in [0.3, 0.4) is 0 Å². The van der Waals surface area contributed by atoms with Gasteiger partial charge in [-0.2, -0.15) is 0 Å². The van der Waals surface area contributed by atoms with Crippen molar-refractivity contribution in [1.29, 1.82) is 0 Å². The van der Waals surface area contributed by atoms with Gasteiger partial charge in [0.25, 0.3) is 0 Å². The number of aryl methyl sites for hydroxylation is 2. The molecule has 110 valence electrons. The third kappa shape index (κ3) is 2.79. The number of fused-ring (bicyclic) bond motifs is 1. The second kappa shape index (κ2) is 6.50. The minimum atomic E-state index is -0.00999. The van der Waals surface area contributed by atoms with Gasteiger partial charge < -0.3 is 10.1 Å². The Labute approximate surface area is 124 Å². The van der Waals surface area contributed by atoms with Gasteiger partial charge in [-0.15, -0.1) is 11.3 Å². The van der Waals surface area contributed by atoms with E-state index in [0.29, 0.717) is 6.61 Å². The first kappa shape index (κ1) is 15.2. The SMILES string of the molecule is CCCC(OCC)c1nc(NC)c2c(C)c(C)sc2n1. The molecule has 0 aliphatic carbocycles. The van der Waals surface area contributed by atoms with Gasteiger partial charge in [0.2, 0.25) is 0 Å². The molecule has 0 saturated carbocycles. The van der Waals surface area contributed by atoms with E-state index in [1.54, 1.807) is 11.3 Å². The number of nitrogens with zero attached hydrogens (tertiary/aromatic N) is 2. The zero-order valence-electron chi connectivity index (χ0n) is 12.9. The van der Waals surface area contributed by atoms with E-state index in [9.17, 15) is 0 Å². The van der Waals surface area contributed by atoms with Crippen LogP contribution in [0, 0.1) is 13.8 Å². The first-order chi connectivity index (χ1) is 9.62. The molecule has 2 aromatic heterocycles. The highest BCUT2D eigenvalue weighted by molar-refractivity contribution is 7.18. The van der Waals surface area contributed by atoms with Crippen LogP contribution in [0.25, 0.3) is 10.2 Å². The first-order valence-corrected chi connectivity index (χ1v) is 8.00. The molecule has 0 fully saturated rings. The average molecular weight is 293 g/mol. The molecule has 1 N–H and O–H groups in total. The molecule has 0 saturated heterocycles. The molecular formula is C15H23N3OS. The molecule has 0 spiro atoms. The Morgan fingerprint density at radius 1 is 1.25 bits per heavy atom. The quantitative estimate of drug-likeness (QED) is 0.866. The van der Waals surface area contributed by atoms with E-state index in [-0.39, 0.29) is 6.10 Å². The van der Waals surface area contributed by atoms with Crippen LogP contribution >= 0.6 is 11.3 Å². The molecule has 1 atom stereocenters. The summed E-state index contributed by atoms with van der Waals surface area (Å²) in [6, 6.07) is 0. The molecule has 2 rings (SSSR count). The van der Waals surface area contributed by atoms with Crippen molar-refractivity contribution in [2.45, 2.75) is 46.6 Å². The number of anilines is 1. The molecule has 20 heavy (non-hydrogen) atoms. The lowest BCUT2D eigenvalue weighted by Gasteiger charge is -2.16. The number of hydrogen-bond donors (Lipinski definition) is 1. The van der Waals surface area contributed by atoms with Gasteiger partial charge in [0.1, 0.15) is 16.8 Å². The highest BCUT2D eigenvalue weighted by atomic mass is 32.1. The van der Waals surface area contributed by atoms with Gasteiger partial charge in [0.05, 0.1) is 5.39 Å². The summed E-state index contributed by atoms with van der Waals surface area (Å²) < 4.78 is 5.81. The van der Waals surface area contributed by atoms with Gasteiger partial charge in [-0.3, -0.25) is 0 Å². The molecule has 0 aromatic carbocycles. The standard InChI is InChI=1S/C15H23N3OS/c1-6-8-11(19-7-2)13-17-14(16-5)12-9(3)10(4)20-15(12)18-13/h11H,6-8H2,1-5H3,(H,16,17,18). The van der Waals surface area contributed by atoms with Crippen LogP contribution in [-0.2, 0) is 4.74 Å². The number of aromatic nitrogens is 2. The highest BCUT2D eigenvalue weighted by Gasteiger charge is 2.19. The summed E-state index contributed by atoms with van der Waals surface area (Å²) in [6.07, 6.45) is 2.00. The number of thiophene rings is 1. The maximum absolute atomic E-state index is 5.81. The Hall–Kier alpha value is -1.20. The summed E-state index contributed by atoms with van der Waals surface area (Å²) in [5.74, 6) is 1.71. The lowest BCUT2D eigenvalue weighted by molar-refractivity contribution is 0.0497. The van der Waals surface area contributed by atoms with Crippen molar-refractivity contribution in [1.82, 2.24) is 9.97 Å². The van der Waals surface area contributed by atoms with Crippen molar-refractivity contribution in [2.24, 2.45) is 0 Å². The van der Waals surface area contributed by atoms with E-state index in [1.165, 1.54) is 10.4 Å². The van der Waals surface area contributed by atoms with Crippen LogP contribution in [-0.4, -0.2) is 23.6 Å². The zero-order chi connectivity index (χ0) is 14.7. The van der Waals surface area contributed by atoms with E-state index < -0.39 is 0 Å². The monoisotopic (exact) mass is 293 g/mol. The number of rotatable bonds is 6. The topological polar surface area (TPSA) is 47.0 Å². The smallest absolute Gasteiger partial charge is 0.161 e. The summed E-state index contributed by atoms with van der Waals surface area (Å²) >= 11 is 1.73. The Bertz CT molecular complexity index is 588. The van der Waals surface area contributed by atoms with Gasteiger partial charge in [-0.05, 0) is 32.8 Å². The fraction of sp³-hybridized carbons (Fsp3) is 0.600. The summed E-state index contributed by atoms with van der Waals surface area (Å²) in [7, 11) is 1.91. The van der Waals surface area contributed by atoms with Gasteiger partial charge in [-0.1, -0.05) is 13.3 Å². The second-order valence-electron chi connectivity index (χ2n) is 4.88. The molecule has 0 radical (unpaired) electrons. The van der Waals surface area contributed by atoms with Gasteiger partial charge in [0, 0.05) is 18.5 Å². The predicted molar refractivity (Wildman–Crippen MR) is 85.7 cm³/mol. The molecule has 0 aliphatic heterocycles. The predicted octanol–water partition coefficient (Wildman–Crippen LogP) is 4.23. The third-order valence-electron chi connectivity index (χ3n) is 3.49. The fourth-order valence-electron chi connectivity index (χ4n) is 2.34. The van der Waals surface area contributed by atoms with Crippen LogP contribution in [0.1, 0.15) is 49.1 Å². The Morgan fingerprint density at radius 2 is 2.00 bits per heavy atom. The van der Waals surface area contributed by atoms with Crippen molar-refractivity contribution in [3.8, 4) is 0 Å². The van der Waals surface area contributed by atoms with Crippen LogP contribution in [0.4, 0.5) is 5.82 Å². The highest BCUT2D eigenvalue weighted by Crippen LogP contribution is 2.34. The number of hydrogen-bond acceptors (Lipinski definition) is 5. The number of ether oxygens (including phenoxy) is 1. The minimum absolute atomic E-state index is 0.00999. The Kier molecular flexibility index (Phi) is 4.94. The molecular weight excluding hydrogens is 270 g/mol. The number of nitrogens with one attached hydrogen (secondary N) is 1. The summed E-state index contributed by atoms with van der Waals surface area (Å²) in [5, 5.41) is 4.35. The van der Waals surface area contributed by atoms with Gasteiger partial charge >= 0.3 is 0 Å². The normalized spacial score (nSPS) is 12.8. The van der Waals surface area contributed by atoms with Crippen LogP contribution in [0.15, 0.2) is 0 Å². The Balaban J connectivity index is 2.54. The van der Waals surface area contributed by atoms with E-state index in [0.717, 1.165) is 34.7 Å². The lowest BCUT2D eigenvalue weighted by atomic mass is 10.1. The maximum Gasteiger partial charge on any atom is 0.161 e. The van der Waals surface area contributed by atoms with Crippen LogP contribution in [0.5, 0.6) is 0 Å². The van der Waals surface area contributed by atoms with Gasteiger partial charge in [-0.25, -0.2) is 9.97 Å². The molecule has 4 nitrogen and oxygen atoms in total. The van der Waals surface area contributed by atoms with Crippen molar-refractivity contribution in [2.75, 3.05) is 19.0 Å². The molecule has 1 unspecified atom stereocenters. The summed E-state index contributed by atoms with van der Waals surface area (Å²) in [5.41, 5.74) is 1.27. The summed E-state index contributed by atoms with van der Waals surface area (Å²) in [4.78, 5) is 11.8. The van der Waals surface area contributed by atoms with E-state index in [4.69, 9.17) is 14.7 Å². The molecule has 0 bridgehead atoms. The van der Waals surface area contributed by atoms with Gasteiger partial charge in [0.15, 0.2) is 5.82 Å². The Morgan fingerprint density at radius 3 is 2.60 bits per heavy atom. The van der Waals surface area contributed by atoms with Crippen molar-refractivity contribution in [3.63, 3.8) is 0 Å². The van der Waals surface area contributed by atoms with Crippen molar-refractivity contribution < 1.29 is 4.74 Å². The average Bonchev–Trinajstić information content (AvgIpc) is 2.73. The first-order valence-electron chi connectivity index (χ1n) is 7.19. The van der Waals surface area contributed by atoms with E-state index in [2.05, 4.69) is 26.1 Å². The minimum Gasteiger partial charge on any atom is -0.372 e. The maximum atomic E-state index is 5.81. The lowest BCUT2D eigenvalue weighted by Crippen LogP contribution is -2.10. The molecule has 2 aromatic rings. The molecule has 2 heterocycles. The molecule has 0 aliphatic rings. The largest absolute Gasteiger partial charge is 0.372 e. The van der Waals surface area contributed by atoms with Crippen LogP contribution in [0.2, 0.25) is 0 Å². The zero-order valence-corrected chi connectivity index (χ0v) is 13.7. The van der Waals surface area contributed by atoms with E-state index >= 15 is 0 Å².